The number of hydrogen-bond acceptors (Lipinski definition) is 2. The van der Waals surface area contributed by atoms with Gasteiger partial charge in [0, 0.05) is 17.5 Å². The molecule has 0 aliphatic rings. The van der Waals surface area contributed by atoms with E-state index in [0.717, 1.165) is 28.1 Å². The summed E-state index contributed by atoms with van der Waals surface area (Å²) in [7, 11) is 1.84. The molecule has 8 heteroatoms. The number of alkyl halides is 3. The molecule has 0 unspecified atom stereocenters. The van der Waals surface area contributed by atoms with Gasteiger partial charge in [0.2, 0.25) is 17.4 Å². The number of aryl methyl sites for hydroxylation is 2. The van der Waals surface area contributed by atoms with E-state index >= 15 is 0 Å². The summed E-state index contributed by atoms with van der Waals surface area (Å²) >= 11 is 0. The average molecular weight is 485 g/mol. The fourth-order valence-corrected chi connectivity index (χ4v) is 4.61. The van der Waals surface area contributed by atoms with Gasteiger partial charge in [0.1, 0.15) is 12.9 Å². The molecule has 0 atom stereocenters. The van der Waals surface area contributed by atoms with Crippen molar-refractivity contribution < 1.29 is 30.9 Å². The predicted octanol–water partition coefficient (Wildman–Crippen LogP) is 7.34. The van der Waals surface area contributed by atoms with E-state index in [1.807, 2.05) is 36.9 Å². The minimum absolute atomic E-state index is 0.0993. The molecular formula is C27H22F5N2O+. The molecule has 0 radical (unpaired) electrons. The fourth-order valence-electron chi connectivity index (χ4n) is 4.61. The largest absolute Gasteiger partial charge is 0.437 e. The molecule has 5 aromatic rings. The van der Waals surface area contributed by atoms with Crippen molar-refractivity contribution in [2.24, 2.45) is 12.5 Å². The van der Waals surface area contributed by atoms with Crippen LogP contribution >= 0.6 is 0 Å². The van der Waals surface area contributed by atoms with Crippen molar-refractivity contribution in [2.75, 3.05) is 0 Å². The van der Waals surface area contributed by atoms with E-state index in [-0.39, 0.29) is 17.5 Å². The molecule has 0 aliphatic heterocycles. The second-order valence-electron chi connectivity index (χ2n) is 9.60. The van der Waals surface area contributed by atoms with Crippen LogP contribution in [0.4, 0.5) is 22.0 Å². The first-order chi connectivity index (χ1) is 16.4. The van der Waals surface area contributed by atoms with Gasteiger partial charge in [0.25, 0.3) is 0 Å². The third kappa shape index (κ3) is 3.72. The number of halogens is 5. The smallest absolute Gasteiger partial charge is 0.394 e. The van der Waals surface area contributed by atoms with Gasteiger partial charge < -0.3 is 4.42 Å². The Labute approximate surface area is 197 Å². The molecule has 0 saturated carbocycles. The third-order valence-corrected chi connectivity index (χ3v) is 6.59. The van der Waals surface area contributed by atoms with Crippen molar-refractivity contribution in [1.82, 2.24) is 4.98 Å². The molecule has 0 spiro atoms. The number of fused-ring (bicyclic) bond motifs is 4. The van der Waals surface area contributed by atoms with Gasteiger partial charge in [-0.3, -0.25) is 0 Å². The summed E-state index contributed by atoms with van der Waals surface area (Å²) in [6, 6.07) is 11.4. The fraction of sp³-hybridized carbons (Fsp3) is 0.259. The van der Waals surface area contributed by atoms with Crippen LogP contribution in [-0.2, 0) is 13.5 Å². The molecule has 0 amide bonds. The van der Waals surface area contributed by atoms with Gasteiger partial charge in [-0.05, 0) is 35.9 Å². The quantitative estimate of drug-likeness (QED) is 0.152. The van der Waals surface area contributed by atoms with Gasteiger partial charge in [0.15, 0.2) is 11.8 Å². The highest BCUT2D eigenvalue weighted by molar-refractivity contribution is 6.11. The van der Waals surface area contributed by atoms with Crippen molar-refractivity contribution in [1.29, 1.82) is 0 Å². The molecule has 3 heterocycles. The maximum absolute atomic E-state index is 14.6. The van der Waals surface area contributed by atoms with Gasteiger partial charge in [-0.1, -0.05) is 38.1 Å². The van der Waals surface area contributed by atoms with Gasteiger partial charge >= 0.3 is 6.18 Å². The molecule has 3 aromatic heterocycles. The summed E-state index contributed by atoms with van der Waals surface area (Å²) in [5, 5.41) is 2.11. The number of pyridine rings is 2. The van der Waals surface area contributed by atoms with Crippen molar-refractivity contribution in [3.8, 4) is 11.3 Å². The Morgan fingerprint density at radius 1 is 0.971 bits per heavy atom. The lowest BCUT2D eigenvalue weighted by atomic mass is 9.84. The first kappa shape index (κ1) is 23.2. The maximum Gasteiger partial charge on any atom is 0.394 e. The molecular weight excluding hydrogens is 463 g/mol. The summed E-state index contributed by atoms with van der Waals surface area (Å²) in [6.45, 7) is 4.26. The Morgan fingerprint density at radius 2 is 1.69 bits per heavy atom. The summed E-state index contributed by atoms with van der Waals surface area (Å²) in [4.78, 5) is 3.72. The highest BCUT2D eigenvalue weighted by Crippen LogP contribution is 2.42. The SMILES string of the molecule is Cc1ccc2c(oc3nc(F)cc(F)c32)c1-c1c2ccc(CC(C)(C)C(F)(F)F)cc2cc[n+]1C. The molecule has 3 nitrogen and oxygen atoms in total. The minimum Gasteiger partial charge on any atom is -0.437 e. The van der Waals surface area contributed by atoms with E-state index in [4.69, 9.17) is 4.42 Å². The van der Waals surface area contributed by atoms with Crippen molar-refractivity contribution in [2.45, 2.75) is 33.4 Å². The van der Waals surface area contributed by atoms with Crippen molar-refractivity contribution in [3.63, 3.8) is 0 Å². The van der Waals surface area contributed by atoms with Crippen molar-refractivity contribution in [3.05, 3.63) is 71.6 Å². The lowest BCUT2D eigenvalue weighted by Crippen LogP contribution is -2.34. The molecule has 0 saturated heterocycles. The van der Waals surface area contributed by atoms with Gasteiger partial charge in [-0.15, -0.1) is 0 Å². The van der Waals surface area contributed by atoms with Crippen LogP contribution in [0, 0.1) is 24.1 Å². The van der Waals surface area contributed by atoms with E-state index < -0.39 is 23.4 Å². The number of hydrogen-bond donors (Lipinski definition) is 0. The second kappa shape index (κ2) is 7.73. The Bertz CT molecular complexity index is 1630. The first-order valence-corrected chi connectivity index (χ1v) is 11.0. The number of nitrogens with zero attached hydrogens (tertiary/aromatic N) is 2. The average Bonchev–Trinajstić information content (AvgIpc) is 3.12. The topological polar surface area (TPSA) is 29.9 Å². The summed E-state index contributed by atoms with van der Waals surface area (Å²) in [5.74, 6) is -1.74. The zero-order chi connectivity index (χ0) is 25.3. The van der Waals surface area contributed by atoms with E-state index in [1.165, 1.54) is 13.8 Å². The van der Waals surface area contributed by atoms with E-state index in [9.17, 15) is 22.0 Å². The van der Waals surface area contributed by atoms with Crippen LogP contribution in [0.15, 0.2) is 53.1 Å². The number of benzene rings is 2. The molecule has 2 aromatic carbocycles. The Kier molecular flexibility index (Phi) is 5.12. The minimum atomic E-state index is -4.33. The van der Waals surface area contributed by atoms with E-state index in [0.29, 0.717) is 22.1 Å². The molecule has 0 N–H and O–H groups in total. The predicted molar refractivity (Wildman–Crippen MR) is 124 cm³/mol. The number of aromatic nitrogens is 2. The molecule has 5 rings (SSSR count). The maximum atomic E-state index is 14.6. The first-order valence-electron chi connectivity index (χ1n) is 11.0. The Balaban J connectivity index is 1.75. The highest BCUT2D eigenvalue weighted by Gasteiger charge is 2.47. The highest BCUT2D eigenvalue weighted by atomic mass is 19.4. The molecule has 180 valence electrons. The second-order valence-corrected chi connectivity index (χ2v) is 9.60. The Hall–Kier alpha value is -3.55. The molecule has 0 fully saturated rings. The van der Waals surface area contributed by atoms with Crippen LogP contribution in [0.2, 0.25) is 0 Å². The van der Waals surface area contributed by atoms with Crippen LogP contribution < -0.4 is 4.57 Å². The molecule has 0 bridgehead atoms. The zero-order valence-electron chi connectivity index (χ0n) is 19.5. The standard InChI is InChI=1S/C27H22F5N2O/c1-14-5-7-18-22-19(28)12-20(29)33-25(22)35-24(18)21(14)23-17-8-6-15(11-16(17)9-10-34(23)4)13-26(2,3)27(30,31)32/h5-12H,13H2,1-4H3/q+1. The van der Waals surface area contributed by atoms with Gasteiger partial charge in [0.05, 0.1) is 21.8 Å². The third-order valence-electron chi connectivity index (χ3n) is 6.59. The van der Waals surface area contributed by atoms with Gasteiger partial charge in [-0.25, -0.2) is 8.96 Å². The molecule has 0 aliphatic carbocycles. The zero-order valence-corrected chi connectivity index (χ0v) is 19.5. The lowest BCUT2D eigenvalue weighted by molar-refractivity contribution is -0.659. The normalized spacial score (nSPS) is 12.8. The number of furan rings is 1. The Morgan fingerprint density at radius 3 is 2.40 bits per heavy atom. The molecule has 35 heavy (non-hydrogen) atoms. The summed E-state index contributed by atoms with van der Waals surface area (Å²) in [5.41, 5.74) is 1.18. The van der Waals surface area contributed by atoms with E-state index in [1.54, 1.807) is 24.3 Å². The summed E-state index contributed by atoms with van der Waals surface area (Å²) < 4.78 is 76.4. The lowest BCUT2D eigenvalue weighted by Gasteiger charge is -2.27. The monoisotopic (exact) mass is 485 g/mol. The summed E-state index contributed by atoms with van der Waals surface area (Å²) in [6.07, 6.45) is -2.67. The van der Waals surface area contributed by atoms with Crippen molar-refractivity contribution >= 4 is 32.8 Å². The van der Waals surface area contributed by atoms with Crippen LogP contribution in [0.25, 0.3) is 44.1 Å². The number of rotatable bonds is 3. The van der Waals surface area contributed by atoms with E-state index in [2.05, 4.69) is 4.98 Å². The van der Waals surface area contributed by atoms with Crippen LogP contribution in [0.5, 0.6) is 0 Å². The van der Waals surface area contributed by atoms with Gasteiger partial charge in [-0.2, -0.15) is 22.5 Å². The van der Waals surface area contributed by atoms with Crippen LogP contribution in [-0.4, -0.2) is 11.2 Å². The van der Waals surface area contributed by atoms with Crippen LogP contribution in [0.3, 0.4) is 0 Å². The van der Waals surface area contributed by atoms with Crippen LogP contribution in [0.1, 0.15) is 25.0 Å².